The van der Waals surface area contributed by atoms with Crippen LogP contribution in [0.1, 0.15) is 12.5 Å². The molecule has 0 aliphatic heterocycles. The van der Waals surface area contributed by atoms with Gasteiger partial charge in [0.1, 0.15) is 5.75 Å². The van der Waals surface area contributed by atoms with Crippen molar-refractivity contribution in [2.75, 3.05) is 25.6 Å². The lowest BCUT2D eigenvalue weighted by Crippen LogP contribution is -2.18. The third kappa shape index (κ3) is 2.17. The van der Waals surface area contributed by atoms with E-state index in [0.717, 1.165) is 23.5 Å². The zero-order valence-electron chi connectivity index (χ0n) is 9.08. The van der Waals surface area contributed by atoms with Crippen molar-refractivity contribution in [1.82, 2.24) is 0 Å². The van der Waals surface area contributed by atoms with Crippen molar-refractivity contribution in [2.24, 2.45) is 5.73 Å². The van der Waals surface area contributed by atoms with Crippen LogP contribution in [0.4, 0.5) is 5.69 Å². The number of hydrogen-bond acceptors (Lipinski definition) is 3. The van der Waals surface area contributed by atoms with Crippen molar-refractivity contribution in [3.05, 3.63) is 23.8 Å². The third-order valence-corrected chi connectivity index (χ3v) is 2.40. The Morgan fingerprint density at radius 1 is 1.43 bits per heavy atom. The highest BCUT2D eigenvalue weighted by molar-refractivity contribution is 5.56. The number of nitrogens with zero attached hydrogens (tertiary/aromatic N) is 1. The SMILES string of the molecule is CCN(C)c1cc(OC)ccc1CN. The van der Waals surface area contributed by atoms with E-state index in [1.54, 1.807) is 7.11 Å². The van der Waals surface area contributed by atoms with Crippen LogP contribution < -0.4 is 15.4 Å². The van der Waals surface area contributed by atoms with Gasteiger partial charge in [0.05, 0.1) is 7.11 Å². The second-order valence-electron chi connectivity index (χ2n) is 3.21. The lowest BCUT2D eigenvalue weighted by atomic mass is 10.1. The molecule has 1 rings (SSSR count). The largest absolute Gasteiger partial charge is 0.497 e. The predicted molar refractivity (Wildman–Crippen MR) is 59.8 cm³/mol. The summed E-state index contributed by atoms with van der Waals surface area (Å²) in [6, 6.07) is 5.97. The van der Waals surface area contributed by atoms with Crippen LogP contribution in [-0.4, -0.2) is 20.7 Å². The Morgan fingerprint density at radius 2 is 2.14 bits per heavy atom. The van der Waals surface area contributed by atoms with Gasteiger partial charge >= 0.3 is 0 Å². The van der Waals surface area contributed by atoms with E-state index >= 15 is 0 Å². The number of rotatable bonds is 4. The Hall–Kier alpha value is -1.22. The number of ether oxygens (including phenoxy) is 1. The van der Waals surface area contributed by atoms with E-state index in [4.69, 9.17) is 10.5 Å². The number of anilines is 1. The van der Waals surface area contributed by atoms with Crippen LogP contribution in [0.25, 0.3) is 0 Å². The van der Waals surface area contributed by atoms with Crippen LogP contribution in [0, 0.1) is 0 Å². The van der Waals surface area contributed by atoms with E-state index in [2.05, 4.69) is 11.8 Å². The second kappa shape index (κ2) is 4.86. The molecule has 14 heavy (non-hydrogen) atoms. The molecule has 0 radical (unpaired) electrons. The minimum absolute atomic E-state index is 0.559. The summed E-state index contributed by atoms with van der Waals surface area (Å²) >= 11 is 0. The fraction of sp³-hybridized carbons (Fsp3) is 0.455. The summed E-state index contributed by atoms with van der Waals surface area (Å²) < 4.78 is 5.18. The highest BCUT2D eigenvalue weighted by atomic mass is 16.5. The molecule has 0 saturated heterocycles. The van der Waals surface area contributed by atoms with Gasteiger partial charge < -0.3 is 15.4 Å². The van der Waals surface area contributed by atoms with Gasteiger partial charge in [0.15, 0.2) is 0 Å². The summed E-state index contributed by atoms with van der Waals surface area (Å²) in [5.74, 6) is 0.873. The molecule has 0 spiro atoms. The van der Waals surface area contributed by atoms with Crippen LogP contribution in [0.5, 0.6) is 5.75 Å². The molecular weight excluding hydrogens is 176 g/mol. The lowest BCUT2D eigenvalue weighted by molar-refractivity contribution is 0.414. The van der Waals surface area contributed by atoms with Gasteiger partial charge in [-0.1, -0.05) is 6.07 Å². The van der Waals surface area contributed by atoms with Crippen molar-refractivity contribution in [3.8, 4) is 5.75 Å². The number of methoxy groups -OCH3 is 1. The fourth-order valence-electron chi connectivity index (χ4n) is 1.37. The zero-order chi connectivity index (χ0) is 10.6. The van der Waals surface area contributed by atoms with Crippen LogP contribution in [-0.2, 0) is 6.54 Å². The second-order valence-corrected chi connectivity index (χ2v) is 3.21. The predicted octanol–water partition coefficient (Wildman–Crippen LogP) is 1.61. The molecule has 0 amide bonds. The normalized spacial score (nSPS) is 10.0. The van der Waals surface area contributed by atoms with E-state index in [0.29, 0.717) is 6.54 Å². The summed E-state index contributed by atoms with van der Waals surface area (Å²) in [6.45, 7) is 3.63. The molecule has 0 saturated carbocycles. The van der Waals surface area contributed by atoms with E-state index in [1.807, 2.05) is 25.2 Å². The third-order valence-electron chi connectivity index (χ3n) is 2.40. The first-order chi connectivity index (χ1) is 6.72. The average molecular weight is 194 g/mol. The summed E-state index contributed by atoms with van der Waals surface area (Å²) in [5, 5.41) is 0. The van der Waals surface area contributed by atoms with Crippen molar-refractivity contribution in [1.29, 1.82) is 0 Å². The molecule has 0 atom stereocenters. The lowest BCUT2D eigenvalue weighted by Gasteiger charge is -2.20. The molecule has 3 nitrogen and oxygen atoms in total. The van der Waals surface area contributed by atoms with Gasteiger partial charge in [-0.15, -0.1) is 0 Å². The topological polar surface area (TPSA) is 38.5 Å². The van der Waals surface area contributed by atoms with Crippen LogP contribution in [0.2, 0.25) is 0 Å². The molecule has 1 aromatic rings. The Morgan fingerprint density at radius 3 is 2.64 bits per heavy atom. The van der Waals surface area contributed by atoms with Gasteiger partial charge in [-0.3, -0.25) is 0 Å². The molecule has 0 bridgehead atoms. The Bertz CT molecular complexity index is 299. The van der Waals surface area contributed by atoms with Gasteiger partial charge in [-0.2, -0.15) is 0 Å². The smallest absolute Gasteiger partial charge is 0.120 e. The first-order valence-electron chi connectivity index (χ1n) is 4.81. The van der Waals surface area contributed by atoms with Gasteiger partial charge in [-0.25, -0.2) is 0 Å². The monoisotopic (exact) mass is 194 g/mol. The standard InChI is InChI=1S/C11H18N2O/c1-4-13(2)11-7-10(14-3)6-5-9(11)8-12/h5-7H,4,8,12H2,1-3H3. The summed E-state index contributed by atoms with van der Waals surface area (Å²) in [4.78, 5) is 2.16. The maximum absolute atomic E-state index is 5.67. The van der Waals surface area contributed by atoms with Gasteiger partial charge in [0, 0.05) is 31.9 Å². The number of nitrogens with two attached hydrogens (primary N) is 1. The number of hydrogen-bond donors (Lipinski definition) is 1. The fourth-order valence-corrected chi connectivity index (χ4v) is 1.37. The molecule has 78 valence electrons. The minimum Gasteiger partial charge on any atom is -0.497 e. The summed E-state index contributed by atoms with van der Waals surface area (Å²) in [6.07, 6.45) is 0. The van der Waals surface area contributed by atoms with Crippen molar-refractivity contribution in [2.45, 2.75) is 13.5 Å². The molecule has 0 aliphatic rings. The van der Waals surface area contributed by atoms with Crippen molar-refractivity contribution >= 4 is 5.69 Å². The van der Waals surface area contributed by atoms with E-state index in [1.165, 1.54) is 0 Å². The molecule has 0 fully saturated rings. The summed E-state index contributed by atoms with van der Waals surface area (Å²) in [7, 11) is 3.72. The maximum atomic E-state index is 5.67. The van der Waals surface area contributed by atoms with Gasteiger partial charge in [0.2, 0.25) is 0 Å². The molecule has 0 unspecified atom stereocenters. The van der Waals surface area contributed by atoms with Crippen LogP contribution in [0.15, 0.2) is 18.2 Å². The molecule has 3 heteroatoms. The van der Waals surface area contributed by atoms with Crippen molar-refractivity contribution < 1.29 is 4.74 Å². The maximum Gasteiger partial charge on any atom is 0.120 e. The van der Waals surface area contributed by atoms with Gasteiger partial charge in [-0.05, 0) is 18.6 Å². The molecule has 0 aliphatic carbocycles. The van der Waals surface area contributed by atoms with Crippen LogP contribution in [0.3, 0.4) is 0 Å². The Labute approximate surface area is 85.5 Å². The molecule has 0 heterocycles. The van der Waals surface area contributed by atoms with Crippen molar-refractivity contribution in [3.63, 3.8) is 0 Å². The number of benzene rings is 1. The molecule has 2 N–H and O–H groups in total. The minimum atomic E-state index is 0.559. The first-order valence-corrected chi connectivity index (χ1v) is 4.81. The van der Waals surface area contributed by atoms with Crippen LogP contribution >= 0.6 is 0 Å². The zero-order valence-corrected chi connectivity index (χ0v) is 9.08. The average Bonchev–Trinajstić information content (AvgIpc) is 2.27. The van der Waals surface area contributed by atoms with Gasteiger partial charge in [0.25, 0.3) is 0 Å². The molecular formula is C11H18N2O. The highest BCUT2D eigenvalue weighted by Gasteiger charge is 2.06. The molecule has 1 aromatic carbocycles. The van der Waals surface area contributed by atoms with E-state index in [-0.39, 0.29) is 0 Å². The molecule has 0 aromatic heterocycles. The Kier molecular flexibility index (Phi) is 3.77. The van der Waals surface area contributed by atoms with E-state index in [9.17, 15) is 0 Å². The van der Waals surface area contributed by atoms with E-state index < -0.39 is 0 Å². The quantitative estimate of drug-likeness (QED) is 0.791. The highest BCUT2D eigenvalue weighted by Crippen LogP contribution is 2.24. The summed E-state index contributed by atoms with van der Waals surface area (Å²) in [5.41, 5.74) is 7.96. The first kappa shape index (κ1) is 10.9. The Balaban J connectivity index is 3.08.